The van der Waals surface area contributed by atoms with Gasteiger partial charge in [0.1, 0.15) is 6.29 Å². The van der Waals surface area contributed by atoms with Crippen molar-refractivity contribution in [1.82, 2.24) is 0 Å². The minimum absolute atomic E-state index is 0.424. The average Bonchev–Trinajstić information content (AvgIpc) is 2.18. The molecule has 1 aromatic carbocycles. The molecule has 0 aliphatic carbocycles. The summed E-state index contributed by atoms with van der Waals surface area (Å²) in [6.45, 7) is 7.75. The van der Waals surface area contributed by atoms with E-state index in [2.05, 4.69) is 6.58 Å². The lowest BCUT2D eigenvalue weighted by molar-refractivity contribution is -0.112. The van der Waals surface area contributed by atoms with E-state index in [0.29, 0.717) is 6.42 Å². The van der Waals surface area contributed by atoms with Gasteiger partial charge in [0, 0.05) is 0 Å². The third-order valence-electron chi connectivity index (χ3n) is 2.36. The molecule has 0 radical (unpaired) electrons. The van der Waals surface area contributed by atoms with E-state index < -0.39 is 5.41 Å². The van der Waals surface area contributed by atoms with Crippen LogP contribution in [-0.2, 0) is 10.2 Å². The summed E-state index contributed by atoms with van der Waals surface area (Å²) in [5.74, 6) is 0. The van der Waals surface area contributed by atoms with E-state index in [4.69, 9.17) is 0 Å². The molecule has 1 aromatic rings. The summed E-state index contributed by atoms with van der Waals surface area (Å²) < 4.78 is 0. The molecule has 0 amide bonds. The molecular formula is C13H16O. The van der Waals surface area contributed by atoms with Gasteiger partial charge >= 0.3 is 0 Å². The second-order valence-corrected chi connectivity index (χ2v) is 4.04. The Morgan fingerprint density at radius 3 is 2.43 bits per heavy atom. The molecule has 0 fully saturated rings. The Kier molecular flexibility index (Phi) is 3.23. The molecule has 1 heteroatoms. The van der Waals surface area contributed by atoms with Crippen LogP contribution in [0.1, 0.15) is 25.8 Å². The van der Waals surface area contributed by atoms with Crippen LogP contribution in [-0.4, -0.2) is 6.29 Å². The number of carbonyl (C=O) groups excluding carboxylic acids is 1. The molecule has 0 aliphatic heterocycles. The minimum Gasteiger partial charge on any atom is -0.302 e. The zero-order valence-electron chi connectivity index (χ0n) is 8.79. The highest BCUT2D eigenvalue weighted by atomic mass is 16.1. The third kappa shape index (κ3) is 2.32. The number of aldehydes is 1. The van der Waals surface area contributed by atoms with E-state index >= 15 is 0 Å². The molecule has 0 spiro atoms. The lowest BCUT2D eigenvalue weighted by atomic mass is 9.79. The van der Waals surface area contributed by atoms with Gasteiger partial charge in [-0.1, -0.05) is 35.9 Å². The summed E-state index contributed by atoms with van der Waals surface area (Å²) in [5, 5.41) is 0. The van der Waals surface area contributed by atoms with Gasteiger partial charge in [0.15, 0.2) is 0 Å². The number of benzene rings is 1. The average molecular weight is 188 g/mol. The Bertz CT molecular complexity index is 326. The number of rotatable bonds is 4. The number of carbonyl (C=O) groups is 1. The molecule has 14 heavy (non-hydrogen) atoms. The lowest BCUT2D eigenvalue weighted by Gasteiger charge is -2.23. The molecule has 1 unspecified atom stereocenters. The summed E-state index contributed by atoms with van der Waals surface area (Å²) >= 11 is 0. The van der Waals surface area contributed by atoms with Crippen LogP contribution in [0.3, 0.4) is 0 Å². The zero-order valence-corrected chi connectivity index (χ0v) is 8.79. The first-order valence-electron chi connectivity index (χ1n) is 4.75. The van der Waals surface area contributed by atoms with E-state index in [9.17, 15) is 4.79 Å². The van der Waals surface area contributed by atoms with E-state index in [1.54, 1.807) is 0 Å². The summed E-state index contributed by atoms with van der Waals surface area (Å²) in [6, 6.07) is 9.83. The Morgan fingerprint density at radius 2 is 2.00 bits per heavy atom. The molecule has 1 atom stereocenters. The zero-order chi connectivity index (χ0) is 10.6. The van der Waals surface area contributed by atoms with Crippen molar-refractivity contribution in [3.8, 4) is 0 Å². The molecular weight excluding hydrogens is 172 g/mol. The Balaban J connectivity index is 3.01. The van der Waals surface area contributed by atoms with E-state index in [1.165, 1.54) is 0 Å². The second-order valence-electron chi connectivity index (χ2n) is 4.04. The van der Waals surface area contributed by atoms with Crippen molar-refractivity contribution in [2.75, 3.05) is 0 Å². The van der Waals surface area contributed by atoms with Crippen molar-refractivity contribution < 1.29 is 4.79 Å². The van der Waals surface area contributed by atoms with Gasteiger partial charge in [-0.05, 0) is 25.8 Å². The smallest absolute Gasteiger partial charge is 0.130 e. The molecule has 0 saturated heterocycles. The molecule has 0 heterocycles. The maximum absolute atomic E-state index is 11.1. The first-order chi connectivity index (χ1) is 6.58. The monoisotopic (exact) mass is 188 g/mol. The first-order valence-corrected chi connectivity index (χ1v) is 4.75. The maximum Gasteiger partial charge on any atom is 0.130 e. The summed E-state index contributed by atoms with van der Waals surface area (Å²) in [5.41, 5.74) is 1.66. The van der Waals surface area contributed by atoms with Crippen molar-refractivity contribution in [2.24, 2.45) is 0 Å². The molecule has 0 aliphatic rings. The van der Waals surface area contributed by atoms with Gasteiger partial charge in [-0.3, -0.25) is 0 Å². The van der Waals surface area contributed by atoms with Crippen molar-refractivity contribution in [2.45, 2.75) is 25.7 Å². The van der Waals surface area contributed by atoms with Gasteiger partial charge < -0.3 is 4.79 Å². The molecule has 0 saturated carbocycles. The third-order valence-corrected chi connectivity index (χ3v) is 2.36. The predicted octanol–water partition coefficient (Wildman–Crippen LogP) is 3.11. The largest absolute Gasteiger partial charge is 0.302 e. The van der Waals surface area contributed by atoms with Crippen molar-refractivity contribution in [1.29, 1.82) is 0 Å². The molecule has 74 valence electrons. The van der Waals surface area contributed by atoms with Crippen molar-refractivity contribution in [3.05, 3.63) is 48.0 Å². The predicted molar refractivity (Wildman–Crippen MR) is 59.3 cm³/mol. The van der Waals surface area contributed by atoms with Gasteiger partial charge in [0.2, 0.25) is 0 Å². The molecule has 0 bridgehead atoms. The fraction of sp³-hybridized carbons (Fsp3) is 0.308. The minimum atomic E-state index is -0.424. The van der Waals surface area contributed by atoms with Gasteiger partial charge in [-0.15, -0.1) is 6.58 Å². The van der Waals surface area contributed by atoms with Gasteiger partial charge in [-0.2, -0.15) is 0 Å². The normalized spacial score (nSPS) is 14.4. The Hall–Kier alpha value is -1.37. The summed E-state index contributed by atoms with van der Waals surface area (Å²) in [4.78, 5) is 11.1. The summed E-state index contributed by atoms with van der Waals surface area (Å²) in [7, 11) is 0. The van der Waals surface area contributed by atoms with Crippen molar-refractivity contribution >= 4 is 6.29 Å². The van der Waals surface area contributed by atoms with Crippen LogP contribution in [0.5, 0.6) is 0 Å². The van der Waals surface area contributed by atoms with Crippen LogP contribution in [0.25, 0.3) is 0 Å². The van der Waals surface area contributed by atoms with Crippen LogP contribution in [0.4, 0.5) is 0 Å². The van der Waals surface area contributed by atoms with Crippen molar-refractivity contribution in [3.63, 3.8) is 0 Å². The van der Waals surface area contributed by atoms with E-state index in [0.717, 1.165) is 17.4 Å². The van der Waals surface area contributed by atoms with Gasteiger partial charge in [0.05, 0.1) is 5.41 Å². The number of allylic oxidation sites excluding steroid dienone is 1. The first kappa shape index (κ1) is 10.7. The second kappa shape index (κ2) is 4.23. The number of hydrogen-bond donors (Lipinski definition) is 0. The fourth-order valence-corrected chi connectivity index (χ4v) is 1.66. The van der Waals surface area contributed by atoms with Crippen LogP contribution < -0.4 is 0 Å². The van der Waals surface area contributed by atoms with Crippen LogP contribution in [0.2, 0.25) is 0 Å². The highest BCUT2D eigenvalue weighted by molar-refractivity contribution is 5.68. The Morgan fingerprint density at radius 1 is 1.43 bits per heavy atom. The Labute approximate surface area is 85.5 Å². The van der Waals surface area contributed by atoms with E-state index in [1.807, 2.05) is 44.2 Å². The summed E-state index contributed by atoms with van der Waals surface area (Å²) in [6.07, 6.45) is 1.72. The fourth-order valence-electron chi connectivity index (χ4n) is 1.66. The highest BCUT2D eigenvalue weighted by Crippen LogP contribution is 2.27. The standard InChI is InChI=1S/C13H16O/c1-11(2)9-13(3,10-14)12-7-5-4-6-8-12/h4-8,10H,1,9H2,2-3H3. The van der Waals surface area contributed by atoms with Crippen LogP contribution in [0, 0.1) is 0 Å². The van der Waals surface area contributed by atoms with Gasteiger partial charge in [-0.25, -0.2) is 0 Å². The molecule has 1 nitrogen and oxygen atoms in total. The topological polar surface area (TPSA) is 17.1 Å². The highest BCUT2D eigenvalue weighted by Gasteiger charge is 2.25. The van der Waals surface area contributed by atoms with Crippen LogP contribution >= 0.6 is 0 Å². The SMILES string of the molecule is C=C(C)CC(C)(C=O)c1ccccc1. The maximum atomic E-state index is 11.1. The lowest BCUT2D eigenvalue weighted by Crippen LogP contribution is -2.23. The quantitative estimate of drug-likeness (QED) is 0.524. The molecule has 0 aromatic heterocycles. The van der Waals surface area contributed by atoms with Crippen LogP contribution in [0.15, 0.2) is 42.5 Å². The van der Waals surface area contributed by atoms with E-state index in [-0.39, 0.29) is 0 Å². The number of hydrogen-bond acceptors (Lipinski definition) is 1. The molecule has 0 N–H and O–H groups in total. The van der Waals surface area contributed by atoms with Gasteiger partial charge in [0.25, 0.3) is 0 Å². The molecule has 1 rings (SSSR count).